The maximum Gasteiger partial charge on any atom is 0.228 e. The first-order chi connectivity index (χ1) is 7.72. The van der Waals surface area contributed by atoms with Crippen molar-refractivity contribution in [2.45, 2.75) is 25.8 Å². The number of hydrogen-bond donors (Lipinski definition) is 1. The first-order valence-corrected chi connectivity index (χ1v) is 5.45. The molecule has 0 amide bonds. The van der Waals surface area contributed by atoms with Gasteiger partial charge in [-0.2, -0.15) is 9.98 Å². The fourth-order valence-electron chi connectivity index (χ4n) is 1.57. The molecule has 86 valence electrons. The molecule has 6 nitrogen and oxygen atoms in total. The lowest BCUT2D eigenvalue weighted by molar-refractivity contribution is 0.480. The quantitative estimate of drug-likeness (QED) is 0.740. The molecular weight excluding hydrogens is 204 g/mol. The Morgan fingerprint density at radius 3 is 3.00 bits per heavy atom. The third-order valence-corrected chi connectivity index (χ3v) is 2.56. The maximum absolute atomic E-state index is 5.82. The van der Waals surface area contributed by atoms with Gasteiger partial charge in [0.25, 0.3) is 0 Å². The largest absolute Gasteiger partial charge is 0.385 e. The molecule has 0 spiro atoms. The molecule has 6 heteroatoms. The van der Waals surface area contributed by atoms with E-state index >= 15 is 0 Å². The van der Waals surface area contributed by atoms with Crippen LogP contribution in [0.25, 0.3) is 0 Å². The molecule has 2 aliphatic heterocycles. The van der Waals surface area contributed by atoms with E-state index in [1.165, 1.54) is 6.34 Å². The number of fused-ring (bicyclic) bond motifs is 1. The van der Waals surface area contributed by atoms with Gasteiger partial charge in [0.15, 0.2) is 11.9 Å². The third kappa shape index (κ3) is 1.95. The number of hydrogen-bond acceptors (Lipinski definition) is 6. The van der Waals surface area contributed by atoms with Gasteiger partial charge in [-0.15, -0.1) is 0 Å². The van der Waals surface area contributed by atoms with Crippen LogP contribution in [-0.2, 0) is 0 Å². The fraction of sp³-hybridized carbons (Fsp3) is 0.600. The van der Waals surface area contributed by atoms with Crippen molar-refractivity contribution in [3.63, 3.8) is 0 Å². The summed E-state index contributed by atoms with van der Waals surface area (Å²) in [6, 6.07) is -0.261. The molecular formula is C10H16N6. The highest BCUT2D eigenvalue weighted by Gasteiger charge is 2.27. The second-order valence-corrected chi connectivity index (χ2v) is 3.88. The van der Waals surface area contributed by atoms with Crippen molar-refractivity contribution < 1.29 is 0 Å². The molecule has 1 atom stereocenters. The Balaban J connectivity index is 2.12. The third-order valence-electron chi connectivity index (χ3n) is 2.56. The van der Waals surface area contributed by atoms with Gasteiger partial charge in [0, 0.05) is 13.6 Å². The first-order valence-electron chi connectivity index (χ1n) is 5.45. The van der Waals surface area contributed by atoms with E-state index in [9.17, 15) is 0 Å². The molecule has 0 fully saturated rings. The second kappa shape index (κ2) is 4.42. The van der Waals surface area contributed by atoms with E-state index in [4.69, 9.17) is 5.73 Å². The molecule has 0 saturated carbocycles. The van der Waals surface area contributed by atoms with Crippen LogP contribution in [0.4, 0.5) is 0 Å². The molecule has 2 aliphatic rings. The fourth-order valence-corrected chi connectivity index (χ4v) is 1.57. The average molecular weight is 220 g/mol. The lowest BCUT2D eigenvalue weighted by Gasteiger charge is -2.22. The summed E-state index contributed by atoms with van der Waals surface area (Å²) in [5.74, 6) is 1.75. The number of unbranched alkanes of at least 4 members (excludes halogenated alkanes) is 1. The summed E-state index contributed by atoms with van der Waals surface area (Å²) >= 11 is 0. The lowest BCUT2D eigenvalue weighted by Crippen LogP contribution is -2.40. The standard InChI is InChI=1S/C10H16N6/c1-3-4-5-16(2)10-14-8(11)7-9(15-10)13-6-12-7/h6-7H,3-5H2,1-2H3,(H2,11,12,13,14,15). The highest BCUT2D eigenvalue weighted by molar-refractivity contribution is 6.22. The summed E-state index contributed by atoms with van der Waals surface area (Å²) in [7, 11) is 1.96. The van der Waals surface area contributed by atoms with Crippen molar-refractivity contribution in [1.29, 1.82) is 0 Å². The zero-order valence-corrected chi connectivity index (χ0v) is 9.59. The SMILES string of the molecule is CCCCN(C)C1=NC2=NC=NC2C(N)=N1. The second-order valence-electron chi connectivity index (χ2n) is 3.88. The van der Waals surface area contributed by atoms with E-state index < -0.39 is 0 Å². The molecule has 2 N–H and O–H groups in total. The Kier molecular flexibility index (Phi) is 2.98. The molecule has 1 unspecified atom stereocenters. The molecule has 0 saturated heterocycles. The Hall–Kier alpha value is -1.72. The number of amidine groups is 2. The summed E-state index contributed by atoms with van der Waals surface area (Å²) in [5, 5.41) is 0. The molecule has 0 aromatic heterocycles. The van der Waals surface area contributed by atoms with Crippen molar-refractivity contribution in [1.82, 2.24) is 4.90 Å². The molecule has 0 radical (unpaired) electrons. The van der Waals surface area contributed by atoms with Gasteiger partial charge in [0.1, 0.15) is 12.2 Å². The number of aliphatic imine (C=N–C) groups is 4. The Morgan fingerprint density at radius 2 is 2.25 bits per heavy atom. The van der Waals surface area contributed by atoms with Crippen LogP contribution in [0.3, 0.4) is 0 Å². The smallest absolute Gasteiger partial charge is 0.228 e. The first kappa shape index (κ1) is 10.8. The van der Waals surface area contributed by atoms with E-state index in [1.807, 2.05) is 11.9 Å². The van der Waals surface area contributed by atoms with Crippen LogP contribution in [0.1, 0.15) is 19.8 Å². The molecule has 2 heterocycles. The number of nitrogens with zero attached hydrogens (tertiary/aromatic N) is 5. The minimum Gasteiger partial charge on any atom is -0.385 e. The summed E-state index contributed by atoms with van der Waals surface area (Å²) in [6.45, 7) is 3.07. The van der Waals surface area contributed by atoms with E-state index in [0.29, 0.717) is 17.6 Å². The number of guanidine groups is 1. The highest BCUT2D eigenvalue weighted by Crippen LogP contribution is 2.10. The van der Waals surface area contributed by atoms with Crippen LogP contribution in [-0.4, -0.2) is 48.5 Å². The van der Waals surface area contributed by atoms with Crippen molar-refractivity contribution >= 4 is 24.0 Å². The highest BCUT2D eigenvalue weighted by atomic mass is 15.3. The van der Waals surface area contributed by atoms with Crippen LogP contribution in [0, 0.1) is 0 Å². The Labute approximate surface area is 94.7 Å². The summed E-state index contributed by atoms with van der Waals surface area (Å²) in [4.78, 5) is 18.7. The minimum atomic E-state index is -0.261. The number of nitrogens with two attached hydrogens (primary N) is 1. The van der Waals surface area contributed by atoms with Crippen LogP contribution in [0.15, 0.2) is 20.0 Å². The van der Waals surface area contributed by atoms with Crippen molar-refractivity contribution in [2.75, 3.05) is 13.6 Å². The molecule has 0 bridgehead atoms. The summed E-state index contributed by atoms with van der Waals surface area (Å²) in [6.07, 6.45) is 3.74. The molecule has 0 aromatic carbocycles. The Bertz CT molecular complexity index is 392. The van der Waals surface area contributed by atoms with Crippen LogP contribution in [0.2, 0.25) is 0 Å². The van der Waals surface area contributed by atoms with Gasteiger partial charge in [-0.3, -0.25) is 4.99 Å². The van der Waals surface area contributed by atoms with Gasteiger partial charge in [-0.1, -0.05) is 13.3 Å². The van der Waals surface area contributed by atoms with Gasteiger partial charge in [0.05, 0.1) is 0 Å². The van der Waals surface area contributed by atoms with Crippen molar-refractivity contribution in [3.05, 3.63) is 0 Å². The zero-order valence-electron chi connectivity index (χ0n) is 9.59. The monoisotopic (exact) mass is 220 g/mol. The van der Waals surface area contributed by atoms with Gasteiger partial charge in [0.2, 0.25) is 5.96 Å². The molecule has 2 rings (SSSR count). The topological polar surface area (TPSA) is 78.7 Å². The predicted molar refractivity (Wildman–Crippen MR) is 66.3 cm³/mol. The van der Waals surface area contributed by atoms with E-state index in [2.05, 4.69) is 26.9 Å². The molecule has 16 heavy (non-hydrogen) atoms. The Morgan fingerprint density at radius 1 is 1.44 bits per heavy atom. The van der Waals surface area contributed by atoms with E-state index in [0.717, 1.165) is 19.4 Å². The zero-order chi connectivity index (χ0) is 11.5. The average Bonchev–Trinajstić information content (AvgIpc) is 2.74. The predicted octanol–water partition coefficient (Wildman–Crippen LogP) is 0.254. The van der Waals surface area contributed by atoms with Gasteiger partial charge in [-0.25, -0.2) is 4.99 Å². The van der Waals surface area contributed by atoms with Crippen LogP contribution < -0.4 is 5.73 Å². The van der Waals surface area contributed by atoms with Crippen molar-refractivity contribution in [3.8, 4) is 0 Å². The summed E-state index contributed by atoms with van der Waals surface area (Å²) < 4.78 is 0. The van der Waals surface area contributed by atoms with Crippen LogP contribution >= 0.6 is 0 Å². The lowest BCUT2D eigenvalue weighted by atomic mass is 10.2. The minimum absolute atomic E-state index is 0.261. The van der Waals surface area contributed by atoms with E-state index in [1.54, 1.807) is 0 Å². The van der Waals surface area contributed by atoms with Gasteiger partial charge in [-0.05, 0) is 6.42 Å². The number of rotatable bonds is 3. The maximum atomic E-state index is 5.82. The van der Waals surface area contributed by atoms with Gasteiger partial charge >= 0.3 is 0 Å². The van der Waals surface area contributed by atoms with Crippen LogP contribution in [0.5, 0.6) is 0 Å². The van der Waals surface area contributed by atoms with Crippen molar-refractivity contribution in [2.24, 2.45) is 25.7 Å². The van der Waals surface area contributed by atoms with E-state index in [-0.39, 0.29) is 6.04 Å². The van der Waals surface area contributed by atoms with Gasteiger partial charge < -0.3 is 10.6 Å². The molecule has 0 aromatic rings. The molecule has 0 aliphatic carbocycles. The normalized spacial score (nSPS) is 22.4. The summed E-state index contributed by atoms with van der Waals surface area (Å²) in [5.41, 5.74) is 5.82.